The highest BCUT2D eigenvalue weighted by molar-refractivity contribution is 7.85. The van der Waals surface area contributed by atoms with Crippen LogP contribution in [0.25, 0.3) is 0 Å². The zero-order valence-corrected chi connectivity index (χ0v) is 26.5. The zero-order valence-electron chi connectivity index (χ0n) is 25.7. The molecule has 0 rings (SSSR count). The lowest BCUT2D eigenvalue weighted by Gasteiger charge is -2.21. The number of rotatable bonds is 28. The van der Waals surface area contributed by atoms with E-state index < -0.39 is 28.0 Å². The maximum atomic E-state index is 12.4. The first-order valence-corrected chi connectivity index (χ1v) is 17.8. The SMILES string of the molecule is CCCCCC/C=C/CC/C=C/CC/C=C/C(O)C(CS(=O)(=O)O)NC(=O)CCCCCCCCCCCCC. The number of aliphatic hydroxyl groups is 1. The Morgan fingerprint density at radius 2 is 1.07 bits per heavy atom. The summed E-state index contributed by atoms with van der Waals surface area (Å²) in [7, 11) is -4.34. The molecule has 40 heavy (non-hydrogen) atoms. The summed E-state index contributed by atoms with van der Waals surface area (Å²) in [5, 5.41) is 13.1. The minimum Gasteiger partial charge on any atom is -0.387 e. The average molecular weight is 584 g/mol. The Hall–Kier alpha value is -1.44. The van der Waals surface area contributed by atoms with Crippen molar-refractivity contribution in [1.29, 1.82) is 0 Å². The molecule has 0 heterocycles. The number of hydrogen-bond acceptors (Lipinski definition) is 4. The Morgan fingerprint density at radius 3 is 1.57 bits per heavy atom. The molecule has 0 aliphatic heterocycles. The van der Waals surface area contributed by atoms with Gasteiger partial charge in [0, 0.05) is 6.42 Å². The van der Waals surface area contributed by atoms with Gasteiger partial charge in [-0.1, -0.05) is 134 Å². The normalized spacial score (nSPS) is 14.0. The molecule has 0 radical (unpaired) electrons. The molecule has 7 heteroatoms. The van der Waals surface area contributed by atoms with E-state index in [-0.39, 0.29) is 12.3 Å². The van der Waals surface area contributed by atoms with Crippen LogP contribution in [0.4, 0.5) is 0 Å². The fourth-order valence-corrected chi connectivity index (χ4v) is 5.33. The third kappa shape index (κ3) is 28.1. The van der Waals surface area contributed by atoms with E-state index in [9.17, 15) is 22.9 Å². The third-order valence-electron chi connectivity index (χ3n) is 7.05. The second kappa shape index (κ2) is 27.7. The average Bonchev–Trinajstić information content (AvgIpc) is 2.90. The van der Waals surface area contributed by atoms with Gasteiger partial charge in [0.25, 0.3) is 10.1 Å². The highest BCUT2D eigenvalue weighted by Gasteiger charge is 2.24. The molecule has 0 saturated heterocycles. The van der Waals surface area contributed by atoms with E-state index in [4.69, 9.17) is 0 Å². The summed E-state index contributed by atoms with van der Waals surface area (Å²) in [5.41, 5.74) is 0. The first-order valence-electron chi connectivity index (χ1n) is 16.2. The molecule has 1 amide bonds. The molecule has 0 saturated carbocycles. The molecule has 234 valence electrons. The van der Waals surface area contributed by atoms with Gasteiger partial charge >= 0.3 is 0 Å². The molecule has 6 nitrogen and oxygen atoms in total. The maximum absolute atomic E-state index is 12.4. The van der Waals surface area contributed by atoms with E-state index in [1.807, 2.05) is 0 Å². The van der Waals surface area contributed by atoms with Gasteiger partial charge in [-0.2, -0.15) is 8.42 Å². The second-order valence-corrected chi connectivity index (χ2v) is 12.6. The summed E-state index contributed by atoms with van der Waals surface area (Å²) in [5.74, 6) is -1.01. The van der Waals surface area contributed by atoms with Gasteiger partial charge in [0.15, 0.2) is 0 Å². The Morgan fingerprint density at radius 1 is 0.650 bits per heavy atom. The molecule has 2 atom stereocenters. The van der Waals surface area contributed by atoms with Crippen molar-refractivity contribution in [3.8, 4) is 0 Å². The van der Waals surface area contributed by atoms with Crippen molar-refractivity contribution in [3.63, 3.8) is 0 Å². The minimum atomic E-state index is -4.34. The standard InChI is InChI=1S/C33H61NO5S/c1-3-5-7-9-11-13-15-16-17-19-20-22-24-26-28-32(35)31(30-40(37,38)39)34-33(36)29-27-25-23-21-18-14-12-10-8-6-4-2/h13,15,19-20,26,28,31-32,35H,3-12,14,16-18,21-25,27,29-30H2,1-2H3,(H,34,36)(H,37,38,39)/b15-13+,20-19+,28-26+. The van der Waals surface area contributed by atoms with Crippen molar-refractivity contribution in [2.24, 2.45) is 0 Å². The van der Waals surface area contributed by atoms with Crippen molar-refractivity contribution in [1.82, 2.24) is 5.32 Å². The molecule has 0 aliphatic carbocycles. The van der Waals surface area contributed by atoms with E-state index in [1.165, 1.54) is 83.1 Å². The molecule has 2 unspecified atom stereocenters. The van der Waals surface area contributed by atoms with Crippen molar-refractivity contribution in [2.75, 3.05) is 5.75 Å². The minimum absolute atomic E-state index is 0.286. The molecular formula is C33H61NO5S. The van der Waals surface area contributed by atoms with Crippen LogP contribution < -0.4 is 5.32 Å². The summed E-state index contributed by atoms with van der Waals surface area (Å²) in [6.45, 7) is 4.45. The predicted octanol–water partition coefficient (Wildman–Crippen LogP) is 8.62. The van der Waals surface area contributed by atoms with Gasteiger partial charge < -0.3 is 10.4 Å². The molecule has 0 fully saturated rings. The van der Waals surface area contributed by atoms with E-state index in [0.29, 0.717) is 6.42 Å². The quantitative estimate of drug-likeness (QED) is 0.0486. The van der Waals surface area contributed by atoms with Crippen molar-refractivity contribution < 1.29 is 22.9 Å². The van der Waals surface area contributed by atoms with E-state index >= 15 is 0 Å². The Labute approximate surface area is 246 Å². The van der Waals surface area contributed by atoms with Gasteiger partial charge in [0.2, 0.25) is 5.91 Å². The van der Waals surface area contributed by atoms with Crippen LogP contribution in [0.1, 0.15) is 149 Å². The molecule has 0 bridgehead atoms. The van der Waals surface area contributed by atoms with Gasteiger partial charge in [-0.15, -0.1) is 0 Å². The molecule has 0 aromatic carbocycles. The molecular weight excluding hydrogens is 522 g/mol. The Balaban J connectivity index is 4.16. The summed E-state index contributed by atoms with van der Waals surface area (Å²) < 4.78 is 32.2. The van der Waals surface area contributed by atoms with Crippen LogP contribution >= 0.6 is 0 Å². The number of carbonyl (C=O) groups excluding carboxylic acids is 1. The molecule has 0 aromatic rings. The van der Waals surface area contributed by atoms with Crippen LogP contribution in [0.3, 0.4) is 0 Å². The van der Waals surface area contributed by atoms with E-state index in [2.05, 4.69) is 43.5 Å². The highest BCUT2D eigenvalue weighted by atomic mass is 32.2. The second-order valence-electron chi connectivity index (χ2n) is 11.1. The van der Waals surface area contributed by atoms with Crippen LogP contribution in [0.2, 0.25) is 0 Å². The summed E-state index contributed by atoms with van der Waals surface area (Å²) in [6.07, 6.45) is 34.1. The van der Waals surface area contributed by atoms with Crippen LogP contribution in [0, 0.1) is 0 Å². The topological polar surface area (TPSA) is 104 Å². The monoisotopic (exact) mass is 583 g/mol. The number of unbranched alkanes of at least 4 members (excludes halogenated alkanes) is 16. The highest BCUT2D eigenvalue weighted by Crippen LogP contribution is 2.12. The van der Waals surface area contributed by atoms with Crippen LogP contribution in [-0.2, 0) is 14.9 Å². The lowest BCUT2D eigenvalue weighted by molar-refractivity contribution is -0.122. The summed E-state index contributed by atoms with van der Waals surface area (Å²) in [4.78, 5) is 12.4. The fraction of sp³-hybridized carbons (Fsp3) is 0.788. The van der Waals surface area contributed by atoms with Crippen molar-refractivity contribution in [2.45, 2.75) is 161 Å². The van der Waals surface area contributed by atoms with Gasteiger partial charge in [-0.05, 0) is 44.9 Å². The number of nitrogens with one attached hydrogen (secondary N) is 1. The predicted molar refractivity (Wildman–Crippen MR) is 170 cm³/mol. The lowest BCUT2D eigenvalue weighted by atomic mass is 10.0. The third-order valence-corrected chi connectivity index (χ3v) is 7.83. The smallest absolute Gasteiger partial charge is 0.267 e. The number of amides is 1. The number of hydrogen-bond donors (Lipinski definition) is 3. The summed E-state index contributed by atoms with van der Waals surface area (Å²) in [6, 6.07) is -1.07. The van der Waals surface area contributed by atoms with Gasteiger partial charge in [-0.25, -0.2) is 0 Å². The number of allylic oxidation sites excluding steroid dienone is 5. The molecule has 0 spiro atoms. The zero-order chi connectivity index (χ0) is 29.7. The Kier molecular flexibility index (Phi) is 26.7. The number of aliphatic hydroxyl groups excluding tert-OH is 1. The van der Waals surface area contributed by atoms with Crippen molar-refractivity contribution >= 4 is 16.0 Å². The van der Waals surface area contributed by atoms with Crippen LogP contribution in [-0.4, -0.2) is 41.9 Å². The maximum Gasteiger partial charge on any atom is 0.267 e. The molecule has 0 aliphatic rings. The lowest BCUT2D eigenvalue weighted by Crippen LogP contribution is -2.46. The van der Waals surface area contributed by atoms with E-state index in [1.54, 1.807) is 6.08 Å². The largest absolute Gasteiger partial charge is 0.387 e. The first kappa shape index (κ1) is 38.6. The summed E-state index contributed by atoms with van der Waals surface area (Å²) >= 11 is 0. The van der Waals surface area contributed by atoms with Gasteiger partial charge in [-0.3, -0.25) is 9.35 Å². The van der Waals surface area contributed by atoms with Gasteiger partial charge in [0.05, 0.1) is 17.9 Å². The van der Waals surface area contributed by atoms with Crippen LogP contribution in [0.5, 0.6) is 0 Å². The van der Waals surface area contributed by atoms with E-state index in [0.717, 1.165) is 44.9 Å². The first-order chi connectivity index (χ1) is 19.3. The van der Waals surface area contributed by atoms with Crippen molar-refractivity contribution in [3.05, 3.63) is 36.5 Å². The molecule has 3 N–H and O–H groups in total. The Bertz CT molecular complexity index is 776. The van der Waals surface area contributed by atoms with Gasteiger partial charge in [0.1, 0.15) is 0 Å². The fourth-order valence-electron chi connectivity index (χ4n) is 4.60. The number of carbonyl (C=O) groups is 1. The molecule has 0 aromatic heterocycles. The van der Waals surface area contributed by atoms with Crippen LogP contribution in [0.15, 0.2) is 36.5 Å².